The van der Waals surface area contributed by atoms with Crippen molar-refractivity contribution in [2.75, 3.05) is 41.7 Å². The van der Waals surface area contributed by atoms with Crippen molar-refractivity contribution in [3.63, 3.8) is 0 Å². The van der Waals surface area contributed by atoms with Gasteiger partial charge >= 0.3 is 0 Å². The van der Waals surface area contributed by atoms with Gasteiger partial charge in [0.2, 0.25) is 17.8 Å². The van der Waals surface area contributed by atoms with E-state index in [-0.39, 0.29) is 5.41 Å². The second-order valence-corrected chi connectivity index (χ2v) is 5.86. The van der Waals surface area contributed by atoms with E-state index in [4.69, 9.17) is 0 Å². The molecule has 1 rings (SSSR count). The molecule has 0 bridgehead atoms. The second kappa shape index (κ2) is 8.00. The van der Waals surface area contributed by atoms with Crippen LogP contribution in [0.1, 0.15) is 48.0 Å². The molecule has 0 aliphatic heterocycles. The van der Waals surface area contributed by atoms with E-state index in [1.54, 1.807) is 0 Å². The standard InChI is InChI=1S/C15H30N6/c1-7-15(5,6)11-17-13-18-12(16-8-2)19-14(20-13)21(9-3)10-4/h7-11H2,1-6H3,(H2,16,17,18,19,20). The van der Waals surface area contributed by atoms with Gasteiger partial charge in [0, 0.05) is 26.2 Å². The van der Waals surface area contributed by atoms with Crippen molar-refractivity contribution < 1.29 is 0 Å². The molecule has 1 heterocycles. The van der Waals surface area contributed by atoms with E-state index in [0.717, 1.165) is 38.5 Å². The minimum atomic E-state index is 0.223. The highest BCUT2D eigenvalue weighted by Gasteiger charge is 2.16. The molecule has 6 nitrogen and oxygen atoms in total. The third kappa shape index (κ3) is 5.36. The SMILES string of the molecule is CCNc1nc(NCC(C)(C)CC)nc(N(CC)CC)n1. The maximum absolute atomic E-state index is 4.55. The fourth-order valence-electron chi connectivity index (χ4n) is 1.77. The summed E-state index contributed by atoms with van der Waals surface area (Å²) in [5, 5.41) is 6.52. The van der Waals surface area contributed by atoms with E-state index < -0.39 is 0 Å². The molecule has 0 spiro atoms. The molecule has 120 valence electrons. The Morgan fingerprint density at radius 1 is 0.905 bits per heavy atom. The number of nitrogens with one attached hydrogen (secondary N) is 2. The molecule has 0 saturated carbocycles. The minimum Gasteiger partial charge on any atom is -0.354 e. The van der Waals surface area contributed by atoms with Gasteiger partial charge in [-0.05, 0) is 32.6 Å². The largest absolute Gasteiger partial charge is 0.354 e. The second-order valence-electron chi connectivity index (χ2n) is 5.86. The summed E-state index contributed by atoms with van der Waals surface area (Å²) in [6.45, 7) is 16.3. The third-order valence-corrected chi connectivity index (χ3v) is 3.69. The lowest BCUT2D eigenvalue weighted by molar-refractivity contribution is 0.376. The molecule has 6 heteroatoms. The van der Waals surface area contributed by atoms with Crippen molar-refractivity contribution in [1.29, 1.82) is 0 Å². The summed E-state index contributed by atoms with van der Waals surface area (Å²) < 4.78 is 0. The molecule has 0 fully saturated rings. The van der Waals surface area contributed by atoms with Crippen molar-refractivity contribution >= 4 is 17.8 Å². The number of rotatable bonds is 9. The van der Waals surface area contributed by atoms with Crippen LogP contribution in [-0.2, 0) is 0 Å². The van der Waals surface area contributed by atoms with E-state index in [2.05, 4.69) is 65.1 Å². The summed E-state index contributed by atoms with van der Waals surface area (Å²) in [6.07, 6.45) is 1.11. The molecule has 1 aromatic heterocycles. The van der Waals surface area contributed by atoms with Gasteiger partial charge < -0.3 is 15.5 Å². The molecular formula is C15H30N6. The summed E-state index contributed by atoms with van der Waals surface area (Å²) in [4.78, 5) is 15.6. The highest BCUT2D eigenvalue weighted by atomic mass is 15.3. The third-order valence-electron chi connectivity index (χ3n) is 3.69. The first kappa shape index (κ1) is 17.5. The summed E-state index contributed by atoms with van der Waals surface area (Å²) in [5.74, 6) is 2.00. The molecule has 0 unspecified atom stereocenters. The Hall–Kier alpha value is -1.59. The van der Waals surface area contributed by atoms with Crippen LogP contribution in [0.3, 0.4) is 0 Å². The highest BCUT2D eigenvalue weighted by Crippen LogP contribution is 2.20. The van der Waals surface area contributed by atoms with Crippen LogP contribution in [0.5, 0.6) is 0 Å². The molecule has 0 aliphatic rings. The van der Waals surface area contributed by atoms with E-state index in [1.807, 2.05) is 6.92 Å². The van der Waals surface area contributed by atoms with Crippen LogP contribution >= 0.6 is 0 Å². The number of aromatic nitrogens is 3. The molecule has 0 saturated heterocycles. The van der Waals surface area contributed by atoms with Crippen LogP contribution in [-0.4, -0.2) is 41.1 Å². The molecule has 0 amide bonds. The van der Waals surface area contributed by atoms with Gasteiger partial charge in [-0.1, -0.05) is 20.8 Å². The van der Waals surface area contributed by atoms with Gasteiger partial charge in [0.1, 0.15) is 0 Å². The van der Waals surface area contributed by atoms with Crippen LogP contribution in [0.15, 0.2) is 0 Å². The maximum atomic E-state index is 4.55. The zero-order chi connectivity index (χ0) is 15.9. The minimum absolute atomic E-state index is 0.223. The molecule has 2 N–H and O–H groups in total. The first-order valence-electron chi connectivity index (χ1n) is 7.94. The van der Waals surface area contributed by atoms with Crippen molar-refractivity contribution in [2.24, 2.45) is 5.41 Å². The summed E-state index contributed by atoms with van der Waals surface area (Å²) in [7, 11) is 0. The molecule has 0 aromatic carbocycles. The van der Waals surface area contributed by atoms with Crippen molar-refractivity contribution in [3.05, 3.63) is 0 Å². The normalized spacial score (nSPS) is 11.3. The number of nitrogens with zero attached hydrogens (tertiary/aromatic N) is 4. The van der Waals surface area contributed by atoms with Gasteiger partial charge in [-0.15, -0.1) is 0 Å². The number of hydrogen-bond donors (Lipinski definition) is 2. The van der Waals surface area contributed by atoms with Crippen LogP contribution in [0.2, 0.25) is 0 Å². The van der Waals surface area contributed by atoms with Crippen LogP contribution in [0.4, 0.5) is 17.8 Å². The van der Waals surface area contributed by atoms with Crippen LogP contribution < -0.4 is 15.5 Å². The average Bonchev–Trinajstić information content (AvgIpc) is 2.47. The van der Waals surface area contributed by atoms with Crippen molar-refractivity contribution in [2.45, 2.75) is 48.0 Å². The number of anilines is 3. The van der Waals surface area contributed by atoms with Gasteiger partial charge in [0.25, 0.3) is 0 Å². The van der Waals surface area contributed by atoms with E-state index in [9.17, 15) is 0 Å². The lowest BCUT2D eigenvalue weighted by Gasteiger charge is -2.24. The lowest BCUT2D eigenvalue weighted by Crippen LogP contribution is -2.27. The maximum Gasteiger partial charge on any atom is 0.231 e. The van der Waals surface area contributed by atoms with Crippen molar-refractivity contribution in [1.82, 2.24) is 15.0 Å². The molecule has 0 atom stereocenters. The summed E-state index contributed by atoms with van der Waals surface area (Å²) in [6, 6.07) is 0. The zero-order valence-corrected chi connectivity index (χ0v) is 14.3. The quantitative estimate of drug-likeness (QED) is 0.730. The van der Waals surface area contributed by atoms with Gasteiger partial charge in [0.15, 0.2) is 0 Å². The topological polar surface area (TPSA) is 66.0 Å². The predicted molar refractivity (Wildman–Crippen MR) is 90.1 cm³/mol. The van der Waals surface area contributed by atoms with Crippen molar-refractivity contribution in [3.8, 4) is 0 Å². The lowest BCUT2D eigenvalue weighted by atomic mass is 9.90. The molecule has 21 heavy (non-hydrogen) atoms. The number of hydrogen-bond acceptors (Lipinski definition) is 6. The molecular weight excluding hydrogens is 264 g/mol. The van der Waals surface area contributed by atoms with E-state index in [1.165, 1.54) is 0 Å². The van der Waals surface area contributed by atoms with Gasteiger partial charge in [-0.3, -0.25) is 0 Å². The zero-order valence-electron chi connectivity index (χ0n) is 14.3. The van der Waals surface area contributed by atoms with E-state index >= 15 is 0 Å². The monoisotopic (exact) mass is 294 g/mol. The molecule has 0 radical (unpaired) electrons. The average molecular weight is 294 g/mol. The van der Waals surface area contributed by atoms with Crippen LogP contribution in [0, 0.1) is 5.41 Å². The first-order chi connectivity index (χ1) is 9.95. The fraction of sp³-hybridized carbons (Fsp3) is 0.800. The van der Waals surface area contributed by atoms with Crippen LogP contribution in [0.25, 0.3) is 0 Å². The van der Waals surface area contributed by atoms with Gasteiger partial charge in [0.05, 0.1) is 0 Å². The van der Waals surface area contributed by atoms with Gasteiger partial charge in [-0.2, -0.15) is 15.0 Å². The summed E-state index contributed by atoms with van der Waals surface area (Å²) >= 11 is 0. The molecule has 1 aromatic rings. The fourth-order valence-corrected chi connectivity index (χ4v) is 1.77. The Morgan fingerprint density at radius 3 is 1.95 bits per heavy atom. The smallest absolute Gasteiger partial charge is 0.231 e. The Morgan fingerprint density at radius 2 is 1.48 bits per heavy atom. The predicted octanol–water partition coefficient (Wildman–Crippen LogP) is 3.00. The Bertz CT molecular complexity index is 428. The Balaban J connectivity index is 2.96. The first-order valence-corrected chi connectivity index (χ1v) is 7.94. The Kier molecular flexibility index (Phi) is 6.65. The van der Waals surface area contributed by atoms with E-state index in [0.29, 0.717) is 11.9 Å². The summed E-state index contributed by atoms with van der Waals surface area (Å²) in [5.41, 5.74) is 0.223. The molecule has 0 aliphatic carbocycles. The Labute approximate surface area is 128 Å². The highest BCUT2D eigenvalue weighted by molar-refractivity contribution is 5.43. The van der Waals surface area contributed by atoms with Gasteiger partial charge in [-0.25, -0.2) is 0 Å².